The standard InChI is InChI=1S/C23H24FN5O2/c1-15-10-17(16-2-7-22(25)26-12-16)11-20(27-15)21-13-29(8-9-31-21)14-23(30)28-19-5-3-18(24)4-6-19/h2-7,10-12,21H,8-9,13-14H2,1H3,(H2,25,26)(H,28,30)/t21-/m0/s1. The summed E-state index contributed by atoms with van der Waals surface area (Å²) in [5.74, 6) is -0.0215. The van der Waals surface area contributed by atoms with E-state index in [-0.39, 0.29) is 24.4 Å². The molecule has 160 valence electrons. The van der Waals surface area contributed by atoms with Crippen molar-refractivity contribution in [1.82, 2.24) is 14.9 Å². The molecule has 0 saturated carbocycles. The highest BCUT2D eigenvalue weighted by Gasteiger charge is 2.25. The maximum absolute atomic E-state index is 13.0. The molecule has 4 rings (SSSR count). The number of rotatable bonds is 5. The summed E-state index contributed by atoms with van der Waals surface area (Å²) in [5, 5.41) is 2.79. The zero-order chi connectivity index (χ0) is 21.8. The number of halogens is 1. The predicted octanol–water partition coefficient (Wildman–Crippen LogP) is 3.19. The SMILES string of the molecule is Cc1cc(-c2ccc(N)nc2)cc([C@@H]2CN(CC(=O)Nc3ccc(F)cc3)CCO2)n1. The van der Waals surface area contributed by atoms with E-state index < -0.39 is 0 Å². The van der Waals surface area contributed by atoms with Crippen LogP contribution in [0.4, 0.5) is 15.9 Å². The number of carbonyl (C=O) groups excluding carboxylic acids is 1. The van der Waals surface area contributed by atoms with Crippen LogP contribution < -0.4 is 11.1 Å². The van der Waals surface area contributed by atoms with E-state index in [0.717, 1.165) is 22.5 Å². The van der Waals surface area contributed by atoms with E-state index in [4.69, 9.17) is 10.5 Å². The summed E-state index contributed by atoms with van der Waals surface area (Å²) < 4.78 is 19.0. The van der Waals surface area contributed by atoms with Gasteiger partial charge in [0.2, 0.25) is 5.91 Å². The number of aryl methyl sites for hydroxylation is 1. The predicted molar refractivity (Wildman–Crippen MR) is 117 cm³/mol. The van der Waals surface area contributed by atoms with Crippen LogP contribution in [0.15, 0.2) is 54.7 Å². The number of nitrogens with two attached hydrogens (primary N) is 1. The fraction of sp³-hybridized carbons (Fsp3) is 0.261. The normalized spacial score (nSPS) is 16.8. The van der Waals surface area contributed by atoms with Gasteiger partial charge in [-0.25, -0.2) is 9.37 Å². The van der Waals surface area contributed by atoms with Gasteiger partial charge in [-0.3, -0.25) is 14.7 Å². The molecule has 0 spiro atoms. The molecular weight excluding hydrogens is 397 g/mol. The third-order valence-electron chi connectivity index (χ3n) is 5.07. The quantitative estimate of drug-likeness (QED) is 0.657. The highest BCUT2D eigenvalue weighted by Crippen LogP contribution is 2.27. The van der Waals surface area contributed by atoms with Crippen molar-refractivity contribution in [3.63, 3.8) is 0 Å². The summed E-state index contributed by atoms with van der Waals surface area (Å²) in [5.41, 5.74) is 9.89. The second-order valence-electron chi connectivity index (χ2n) is 7.54. The first-order chi connectivity index (χ1) is 15.0. The van der Waals surface area contributed by atoms with Crippen LogP contribution in [0.5, 0.6) is 0 Å². The Balaban J connectivity index is 1.43. The number of ether oxygens (including phenoxy) is 1. The summed E-state index contributed by atoms with van der Waals surface area (Å²) in [7, 11) is 0. The number of morpholine rings is 1. The molecule has 1 atom stereocenters. The molecule has 1 fully saturated rings. The molecule has 3 N–H and O–H groups in total. The lowest BCUT2D eigenvalue weighted by Crippen LogP contribution is -2.42. The number of aromatic nitrogens is 2. The number of nitrogen functional groups attached to an aromatic ring is 1. The Bertz CT molecular complexity index is 1060. The molecule has 1 saturated heterocycles. The number of anilines is 2. The molecule has 3 aromatic rings. The molecule has 0 bridgehead atoms. The Labute approximate surface area is 180 Å². The average Bonchev–Trinajstić information content (AvgIpc) is 2.75. The molecule has 2 aromatic heterocycles. The molecule has 1 amide bonds. The van der Waals surface area contributed by atoms with Gasteiger partial charge in [-0.2, -0.15) is 0 Å². The smallest absolute Gasteiger partial charge is 0.238 e. The van der Waals surface area contributed by atoms with Crippen molar-refractivity contribution in [1.29, 1.82) is 0 Å². The fourth-order valence-corrected chi connectivity index (χ4v) is 3.56. The van der Waals surface area contributed by atoms with E-state index in [0.29, 0.717) is 31.2 Å². The fourth-order valence-electron chi connectivity index (χ4n) is 3.56. The molecule has 0 radical (unpaired) electrons. The van der Waals surface area contributed by atoms with Crippen molar-refractivity contribution in [2.75, 3.05) is 37.3 Å². The Morgan fingerprint density at radius 3 is 2.77 bits per heavy atom. The molecule has 1 aliphatic rings. The number of nitrogens with zero attached hydrogens (tertiary/aromatic N) is 3. The summed E-state index contributed by atoms with van der Waals surface area (Å²) in [6.45, 7) is 3.86. The topological polar surface area (TPSA) is 93.4 Å². The number of benzene rings is 1. The summed E-state index contributed by atoms with van der Waals surface area (Å²) in [6, 6.07) is 13.4. The van der Waals surface area contributed by atoms with Gasteiger partial charge in [-0.15, -0.1) is 0 Å². The molecule has 0 aliphatic carbocycles. The lowest BCUT2D eigenvalue weighted by atomic mass is 10.0. The maximum Gasteiger partial charge on any atom is 0.238 e. The molecule has 31 heavy (non-hydrogen) atoms. The van der Waals surface area contributed by atoms with E-state index in [9.17, 15) is 9.18 Å². The van der Waals surface area contributed by atoms with Crippen LogP contribution in [-0.2, 0) is 9.53 Å². The van der Waals surface area contributed by atoms with Gasteiger partial charge in [0.15, 0.2) is 0 Å². The lowest BCUT2D eigenvalue weighted by Gasteiger charge is -2.32. The first kappa shape index (κ1) is 20.9. The van der Waals surface area contributed by atoms with Gasteiger partial charge in [-0.05, 0) is 61.0 Å². The highest BCUT2D eigenvalue weighted by molar-refractivity contribution is 5.92. The molecule has 8 heteroatoms. The van der Waals surface area contributed by atoms with Crippen LogP contribution in [-0.4, -0.2) is 47.0 Å². The third kappa shape index (κ3) is 5.42. The van der Waals surface area contributed by atoms with Crippen LogP contribution in [0.3, 0.4) is 0 Å². The number of carbonyl (C=O) groups is 1. The van der Waals surface area contributed by atoms with Crippen LogP contribution in [0.1, 0.15) is 17.5 Å². The highest BCUT2D eigenvalue weighted by atomic mass is 19.1. The van der Waals surface area contributed by atoms with E-state index >= 15 is 0 Å². The van der Waals surface area contributed by atoms with Crippen LogP contribution in [0.2, 0.25) is 0 Å². The Morgan fingerprint density at radius 1 is 1.23 bits per heavy atom. The maximum atomic E-state index is 13.0. The first-order valence-electron chi connectivity index (χ1n) is 10.1. The molecule has 0 unspecified atom stereocenters. The van der Waals surface area contributed by atoms with Crippen LogP contribution >= 0.6 is 0 Å². The van der Waals surface area contributed by atoms with E-state index in [1.807, 2.05) is 30.0 Å². The second-order valence-corrected chi connectivity index (χ2v) is 7.54. The number of hydrogen-bond acceptors (Lipinski definition) is 6. The molecule has 1 aromatic carbocycles. The van der Waals surface area contributed by atoms with Gasteiger partial charge in [0.25, 0.3) is 0 Å². The van der Waals surface area contributed by atoms with Gasteiger partial charge in [0.1, 0.15) is 17.7 Å². The first-order valence-corrected chi connectivity index (χ1v) is 10.1. The van der Waals surface area contributed by atoms with Crippen molar-refractivity contribution in [2.45, 2.75) is 13.0 Å². The van der Waals surface area contributed by atoms with E-state index in [1.54, 1.807) is 24.4 Å². The number of hydrogen-bond donors (Lipinski definition) is 2. The summed E-state index contributed by atoms with van der Waals surface area (Å²) in [6.07, 6.45) is 1.49. The minimum absolute atomic E-state index is 0.155. The zero-order valence-corrected chi connectivity index (χ0v) is 17.2. The number of pyridine rings is 2. The molecule has 3 heterocycles. The van der Waals surface area contributed by atoms with Crippen LogP contribution in [0, 0.1) is 12.7 Å². The average molecular weight is 421 g/mol. The molecule has 1 aliphatic heterocycles. The molecule has 7 nitrogen and oxygen atoms in total. The lowest BCUT2D eigenvalue weighted by molar-refractivity contribution is -0.119. The van der Waals surface area contributed by atoms with Crippen molar-refractivity contribution >= 4 is 17.4 Å². The third-order valence-corrected chi connectivity index (χ3v) is 5.07. The van der Waals surface area contributed by atoms with Crippen LogP contribution in [0.25, 0.3) is 11.1 Å². The monoisotopic (exact) mass is 421 g/mol. The van der Waals surface area contributed by atoms with Gasteiger partial charge in [-0.1, -0.05) is 0 Å². The van der Waals surface area contributed by atoms with Gasteiger partial charge >= 0.3 is 0 Å². The van der Waals surface area contributed by atoms with Gasteiger partial charge < -0.3 is 15.8 Å². The molecular formula is C23H24FN5O2. The Hall–Kier alpha value is -3.36. The van der Waals surface area contributed by atoms with Crippen molar-refractivity contribution in [3.05, 3.63) is 71.9 Å². The van der Waals surface area contributed by atoms with E-state index in [1.165, 1.54) is 12.1 Å². The minimum Gasteiger partial charge on any atom is -0.384 e. The number of nitrogens with one attached hydrogen (secondary N) is 1. The second kappa shape index (κ2) is 9.20. The van der Waals surface area contributed by atoms with Crippen molar-refractivity contribution in [3.8, 4) is 11.1 Å². The van der Waals surface area contributed by atoms with Gasteiger partial charge in [0, 0.05) is 36.2 Å². The largest absolute Gasteiger partial charge is 0.384 e. The Morgan fingerprint density at radius 2 is 2.03 bits per heavy atom. The van der Waals surface area contributed by atoms with Crippen molar-refractivity contribution < 1.29 is 13.9 Å². The zero-order valence-electron chi connectivity index (χ0n) is 17.2. The summed E-state index contributed by atoms with van der Waals surface area (Å²) >= 11 is 0. The summed E-state index contributed by atoms with van der Waals surface area (Å²) in [4.78, 5) is 23.3. The minimum atomic E-state index is -0.339. The van der Waals surface area contributed by atoms with Gasteiger partial charge in [0.05, 0.1) is 18.8 Å². The number of amides is 1. The van der Waals surface area contributed by atoms with Crippen molar-refractivity contribution in [2.24, 2.45) is 0 Å². The van der Waals surface area contributed by atoms with E-state index in [2.05, 4.69) is 15.3 Å². The Kier molecular flexibility index (Phi) is 6.20.